The van der Waals surface area contributed by atoms with Crippen LogP contribution in [0.25, 0.3) is 0 Å². The van der Waals surface area contributed by atoms with Crippen LogP contribution in [0.1, 0.15) is 68.4 Å². The number of ketones is 1. The van der Waals surface area contributed by atoms with Crippen molar-refractivity contribution in [1.82, 2.24) is 5.16 Å². The molecule has 1 aromatic heterocycles. The van der Waals surface area contributed by atoms with Crippen LogP contribution in [0.5, 0.6) is 0 Å². The molecule has 2 aromatic rings. The number of fused-ring (bicyclic) bond motifs is 1. The van der Waals surface area contributed by atoms with Crippen molar-refractivity contribution in [2.75, 3.05) is 4.90 Å². The van der Waals surface area contributed by atoms with Crippen molar-refractivity contribution in [2.45, 2.75) is 64.5 Å². The van der Waals surface area contributed by atoms with E-state index in [1.165, 1.54) is 5.56 Å². The van der Waals surface area contributed by atoms with E-state index in [9.17, 15) is 9.59 Å². The molecule has 0 saturated heterocycles. The number of hydrogen-bond donors (Lipinski definition) is 0. The van der Waals surface area contributed by atoms with E-state index in [0.29, 0.717) is 23.1 Å². The lowest BCUT2D eigenvalue weighted by molar-refractivity contribution is -0.131. The van der Waals surface area contributed by atoms with E-state index in [4.69, 9.17) is 9.26 Å². The number of aryl methyl sites for hydroxylation is 1. The highest BCUT2D eigenvalue weighted by Gasteiger charge is 2.53. The molecule has 0 radical (unpaired) electrons. The minimum atomic E-state index is -0.548. The maximum absolute atomic E-state index is 13.6. The van der Waals surface area contributed by atoms with Gasteiger partial charge in [-0.1, -0.05) is 49.7 Å². The number of rotatable bonds is 3. The van der Waals surface area contributed by atoms with Gasteiger partial charge in [0, 0.05) is 6.07 Å². The molecule has 2 aliphatic heterocycles. The van der Waals surface area contributed by atoms with Crippen molar-refractivity contribution in [3.05, 3.63) is 58.6 Å². The molecule has 3 aliphatic rings. The first-order valence-corrected chi connectivity index (χ1v) is 10.8. The predicted octanol–water partition coefficient (Wildman–Crippen LogP) is 4.61. The lowest BCUT2D eigenvalue weighted by atomic mass is 9.77. The minimum absolute atomic E-state index is 0.0509. The molecule has 0 N–H and O–H groups in total. The predicted molar refractivity (Wildman–Crippen MR) is 111 cm³/mol. The Kier molecular flexibility index (Phi) is 4.53. The van der Waals surface area contributed by atoms with Crippen LogP contribution in [0.3, 0.4) is 0 Å². The number of nitrogens with zero attached hydrogens (tertiary/aromatic N) is 2. The van der Waals surface area contributed by atoms with Crippen LogP contribution in [0.15, 0.2) is 46.2 Å². The third kappa shape index (κ3) is 2.89. The number of Topliss-reactive ketones (excluding diaryl/α,β-unsaturated/α-hetero) is 1. The number of hydrogen-bond acceptors (Lipinski definition) is 5. The number of carbonyl (C=O) groups is 2. The molecule has 1 fully saturated rings. The quantitative estimate of drug-likeness (QED) is 0.744. The Morgan fingerprint density at radius 2 is 1.83 bits per heavy atom. The maximum Gasteiger partial charge on any atom is 0.295 e. The summed E-state index contributed by atoms with van der Waals surface area (Å²) in [6.45, 7) is 6.06. The second kappa shape index (κ2) is 7.11. The molecule has 1 aromatic carbocycles. The first-order chi connectivity index (χ1) is 14.5. The summed E-state index contributed by atoms with van der Waals surface area (Å²) in [5.41, 5.74) is 2.56. The van der Waals surface area contributed by atoms with Gasteiger partial charge in [-0.3, -0.25) is 14.5 Å². The molecule has 30 heavy (non-hydrogen) atoms. The summed E-state index contributed by atoms with van der Waals surface area (Å²) in [4.78, 5) is 28.6. The second-order valence-corrected chi connectivity index (χ2v) is 8.85. The van der Waals surface area contributed by atoms with Crippen LogP contribution < -0.4 is 4.90 Å². The lowest BCUT2D eigenvalue weighted by Crippen LogP contribution is -2.39. The van der Waals surface area contributed by atoms with Crippen molar-refractivity contribution in [2.24, 2.45) is 5.92 Å². The molecule has 6 nitrogen and oxygen atoms in total. The molecule has 0 spiro atoms. The van der Waals surface area contributed by atoms with Gasteiger partial charge in [0.1, 0.15) is 11.9 Å². The van der Waals surface area contributed by atoms with Crippen molar-refractivity contribution < 1.29 is 18.8 Å². The zero-order valence-corrected chi connectivity index (χ0v) is 17.6. The van der Waals surface area contributed by atoms with Gasteiger partial charge in [0.05, 0.1) is 17.5 Å². The fourth-order valence-electron chi connectivity index (χ4n) is 4.93. The molecule has 3 atom stereocenters. The number of amides is 1. The van der Waals surface area contributed by atoms with Gasteiger partial charge >= 0.3 is 0 Å². The Labute approximate surface area is 175 Å². The number of aromatic nitrogens is 1. The molecule has 0 bridgehead atoms. The van der Waals surface area contributed by atoms with Gasteiger partial charge in [0.15, 0.2) is 17.4 Å². The summed E-state index contributed by atoms with van der Waals surface area (Å²) >= 11 is 0. The van der Waals surface area contributed by atoms with Gasteiger partial charge in [0.25, 0.3) is 5.91 Å². The number of ether oxygens (including phenoxy) is 1. The largest absolute Gasteiger partial charge is 0.483 e. The maximum atomic E-state index is 13.6. The molecule has 5 rings (SSSR count). The molecule has 3 unspecified atom stereocenters. The first-order valence-electron chi connectivity index (χ1n) is 10.8. The van der Waals surface area contributed by atoms with E-state index >= 15 is 0 Å². The van der Waals surface area contributed by atoms with E-state index < -0.39 is 6.04 Å². The Hall–Kier alpha value is -2.89. The summed E-state index contributed by atoms with van der Waals surface area (Å²) in [7, 11) is 0. The van der Waals surface area contributed by atoms with Crippen LogP contribution in [-0.4, -0.2) is 23.0 Å². The summed E-state index contributed by atoms with van der Waals surface area (Å²) in [6, 6.07) is 9.31. The van der Waals surface area contributed by atoms with Crippen LogP contribution in [0.2, 0.25) is 0 Å². The zero-order valence-electron chi connectivity index (χ0n) is 17.6. The third-order valence-corrected chi connectivity index (χ3v) is 6.54. The van der Waals surface area contributed by atoms with Crippen molar-refractivity contribution >= 4 is 17.5 Å². The van der Waals surface area contributed by atoms with Gasteiger partial charge in [0.2, 0.25) is 0 Å². The molecule has 1 aliphatic carbocycles. The standard InChI is InChI=1S/C24H26N2O4/c1-13(2)15-8-10-16(11-9-15)21-20-22(27)17-6-4-5-7-18(17)29-23(20)24(28)26(21)19-12-14(3)30-25-19/h8-13,17-18,21H,4-7H2,1-3H3. The summed E-state index contributed by atoms with van der Waals surface area (Å²) in [5, 5.41) is 4.08. The van der Waals surface area contributed by atoms with E-state index in [1.54, 1.807) is 17.9 Å². The summed E-state index contributed by atoms with van der Waals surface area (Å²) in [6.07, 6.45) is 3.48. The highest BCUT2D eigenvalue weighted by atomic mass is 16.5. The minimum Gasteiger partial charge on any atom is -0.483 e. The molecule has 6 heteroatoms. The fourth-order valence-corrected chi connectivity index (χ4v) is 4.93. The van der Waals surface area contributed by atoms with Crippen LogP contribution >= 0.6 is 0 Å². The number of anilines is 1. The highest BCUT2D eigenvalue weighted by Crippen LogP contribution is 2.48. The van der Waals surface area contributed by atoms with E-state index in [2.05, 4.69) is 31.1 Å². The van der Waals surface area contributed by atoms with Crippen molar-refractivity contribution in [3.8, 4) is 0 Å². The smallest absolute Gasteiger partial charge is 0.295 e. The Morgan fingerprint density at radius 1 is 1.10 bits per heavy atom. The van der Waals surface area contributed by atoms with Crippen molar-refractivity contribution in [3.63, 3.8) is 0 Å². The lowest BCUT2D eigenvalue weighted by Gasteiger charge is -2.35. The van der Waals surface area contributed by atoms with E-state index in [-0.39, 0.29) is 29.5 Å². The molecule has 1 amide bonds. The summed E-state index contributed by atoms with van der Waals surface area (Å²) < 4.78 is 11.4. The average molecular weight is 406 g/mol. The van der Waals surface area contributed by atoms with Gasteiger partial charge in [-0.15, -0.1) is 0 Å². The van der Waals surface area contributed by atoms with Gasteiger partial charge in [-0.25, -0.2) is 0 Å². The van der Waals surface area contributed by atoms with Gasteiger partial charge in [-0.05, 0) is 43.2 Å². The molecular weight excluding hydrogens is 380 g/mol. The van der Waals surface area contributed by atoms with Gasteiger partial charge in [-0.2, -0.15) is 0 Å². The van der Waals surface area contributed by atoms with Gasteiger partial charge < -0.3 is 9.26 Å². The summed E-state index contributed by atoms with van der Waals surface area (Å²) in [5.74, 6) is 1.18. The van der Waals surface area contributed by atoms with E-state index in [1.807, 2.05) is 12.1 Å². The average Bonchev–Trinajstić information content (AvgIpc) is 3.29. The number of carbonyl (C=O) groups excluding carboxylic acids is 2. The monoisotopic (exact) mass is 406 g/mol. The third-order valence-electron chi connectivity index (χ3n) is 6.54. The molecular formula is C24H26N2O4. The Balaban J connectivity index is 1.63. The number of benzene rings is 1. The highest BCUT2D eigenvalue weighted by molar-refractivity contribution is 6.17. The zero-order chi connectivity index (χ0) is 21.0. The molecule has 3 heterocycles. The van der Waals surface area contributed by atoms with Crippen LogP contribution in [-0.2, 0) is 14.3 Å². The van der Waals surface area contributed by atoms with Crippen LogP contribution in [0.4, 0.5) is 5.82 Å². The van der Waals surface area contributed by atoms with Crippen molar-refractivity contribution in [1.29, 1.82) is 0 Å². The Bertz CT molecular complexity index is 1030. The molecule has 1 saturated carbocycles. The fraction of sp³-hybridized carbons (Fsp3) is 0.458. The molecule has 156 valence electrons. The normalized spacial score (nSPS) is 26.1. The Morgan fingerprint density at radius 3 is 2.50 bits per heavy atom. The first kappa shape index (κ1) is 19.1. The second-order valence-electron chi connectivity index (χ2n) is 8.85. The van der Waals surface area contributed by atoms with Crippen LogP contribution in [0, 0.1) is 12.8 Å². The topological polar surface area (TPSA) is 72.6 Å². The SMILES string of the molecule is Cc1cc(N2C(=O)C3=C(C(=O)C4CCCCC4O3)C2c2ccc(C(C)C)cc2)no1. The van der Waals surface area contributed by atoms with E-state index in [0.717, 1.165) is 31.2 Å².